The Kier molecular flexibility index (Phi) is 3.80. The molecule has 100 valence electrons. The van der Waals surface area contributed by atoms with Crippen LogP contribution < -0.4 is 0 Å². The maximum Gasteiger partial charge on any atom is 0.168 e. The SMILES string of the molecule is Cc1nn(C)c(CC(=O)c2ccc(F)c(F)c2)c1Br. The van der Waals surface area contributed by atoms with Crippen LogP contribution in [0, 0.1) is 18.6 Å². The molecule has 0 bridgehead atoms. The molecule has 3 nitrogen and oxygen atoms in total. The highest BCUT2D eigenvalue weighted by Crippen LogP contribution is 2.22. The van der Waals surface area contributed by atoms with Gasteiger partial charge in [0.1, 0.15) is 0 Å². The summed E-state index contributed by atoms with van der Waals surface area (Å²) < 4.78 is 28.2. The van der Waals surface area contributed by atoms with Crippen molar-refractivity contribution in [3.05, 3.63) is 51.3 Å². The van der Waals surface area contributed by atoms with Crippen molar-refractivity contribution in [1.29, 1.82) is 0 Å². The first-order valence-corrected chi connectivity index (χ1v) is 6.35. The van der Waals surface area contributed by atoms with Crippen molar-refractivity contribution in [2.45, 2.75) is 13.3 Å². The summed E-state index contributed by atoms with van der Waals surface area (Å²) in [6.45, 7) is 1.82. The number of ketones is 1. The zero-order valence-corrected chi connectivity index (χ0v) is 12.0. The van der Waals surface area contributed by atoms with Gasteiger partial charge in [0.05, 0.1) is 22.3 Å². The van der Waals surface area contributed by atoms with Gasteiger partial charge >= 0.3 is 0 Å². The lowest BCUT2D eigenvalue weighted by Crippen LogP contribution is -2.09. The highest BCUT2D eigenvalue weighted by atomic mass is 79.9. The third kappa shape index (κ3) is 2.73. The standard InChI is InChI=1S/C13H11BrF2N2O/c1-7-13(14)11(18(2)17-7)6-12(19)8-3-4-9(15)10(16)5-8/h3-5H,6H2,1-2H3. The molecule has 0 amide bonds. The summed E-state index contributed by atoms with van der Waals surface area (Å²) in [5, 5.41) is 4.17. The summed E-state index contributed by atoms with van der Waals surface area (Å²) in [5.74, 6) is -2.28. The van der Waals surface area contributed by atoms with Gasteiger partial charge in [-0.05, 0) is 41.1 Å². The highest BCUT2D eigenvalue weighted by molar-refractivity contribution is 9.10. The van der Waals surface area contributed by atoms with Gasteiger partial charge in [-0.25, -0.2) is 8.78 Å². The van der Waals surface area contributed by atoms with E-state index in [1.807, 2.05) is 6.92 Å². The predicted molar refractivity (Wildman–Crippen MR) is 70.0 cm³/mol. The lowest BCUT2D eigenvalue weighted by atomic mass is 10.1. The number of aryl methyl sites for hydroxylation is 2. The van der Waals surface area contributed by atoms with Crippen molar-refractivity contribution < 1.29 is 13.6 Å². The number of benzene rings is 1. The molecule has 2 rings (SSSR count). The van der Waals surface area contributed by atoms with Crippen LogP contribution in [0.3, 0.4) is 0 Å². The molecule has 0 saturated heterocycles. The van der Waals surface area contributed by atoms with Gasteiger partial charge in [0.15, 0.2) is 17.4 Å². The van der Waals surface area contributed by atoms with Crippen molar-refractivity contribution in [3.8, 4) is 0 Å². The second-order valence-electron chi connectivity index (χ2n) is 4.20. The van der Waals surface area contributed by atoms with E-state index in [1.54, 1.807) is 11.7 Å². The van der Waals surface area contributed by atoms with Crippen LogP contribution in [-0.4, -0.2) is 15.6 Å². The van der Waals surface area contributed by atoms with Gasteiger partial charge in [-0.3, -0.25) is 9.48 Å². The average molecular weight is 329 g/mol. The molecule has 0 atom stereocenters. The zero-order valence-electron chi connectivity index (χ0n) is 10.4. The van der Waals surface area contributed by atoms with Crippen LogP contribution in [0.5, 0.6) is 0 Å². The van der Waals surface area contributed by atoms with Crippen LogP contribution in [0.1, 0.15) is 21.7 Å². The fraction of sp³-hybridized carbons (Fsp3) is 0.231. The number of carbonyl (C=O) groups is 1. The molecule has 0 N–H and O–H groups in total. The summed E-state index contributed by atoms with van der Waals surface area (Å²) in [4.78, 5) is 12.0. The highest BCUT2D eigenvalue weighted by Gasteiger charge is 2.16. The fourth-order valence-corrected chi connectivity index (χ4v) is 2.27. The molecule has 0 aliphatic heterocycles. The van der Waals surface area contributed by atoms with Crippen LogP contribution in [0.25, 0.3) is 0 Å². The van der Waals surface area contributed by atoms with E-state index in [0.717, 1.165) is 22.3 Å². The monoisotopic (exact) mass is 328 g/mol. The second kappa shape index (κ2) is 5.21. The maximum absolute atomic E-state index is 13.1. The number of hydrogen-bond donors (Lipinski definition) is 0. The minimum Gasteiger partial charge on any atom is -0.294 e. The summed E-state index contributed by atoms with van der Waals surface area (Å²) in [6, 6.07) is 3.14. The Bertz CT molecular complexity index is 652. The van der Waals surface area contributed by atoms with E-state index in [0.29, 0.717) is 5.69 Å². The Morgan fingerprint density at radius 3 is 2.58 bits per heavy atom. The Morgan fingerprint density at radius 2 is 2.05 bits per heavy atom. The van der Waals surface area contributed by atoms with Crippen LogP contribution in [0.4, 0.5) is 8.78 Å². The molecule has 19 heavy (non-hydrogen) atoms. The van der Waals surface area contributed by atoms with Crippen molar-refractivity contribution in [3.63, 3.8) is 0 Å². The molecule has 1 aromatic heterocycles. The van der Waals surface area contributed by atoms with Gasteiger partial charge in [-0.1, -0.05) is 0 Å². The number of aromatic nitrogens is 2. The zero-order chi connectivity index (χ0) is 14.2. The molecule has 0 radical (unpaired) electrons. The van der Waals surface area contributed by atoms with Crippen LogP contribution in [0.15, 0.2) is 22.7 Å². The number of carbonyl (C=O) groups excluding carboxylic acids is 1. The summed E-state index contributed by atoms with van der Waals surface area (Å²) in [6.07, 6.45) is 0.0724. The van der Waals surface area contributed by atoms with Gasteiger partial charge in [0, 0.05) is 12.6 Å². The van der Waals surface area contributed by atoms with E-state index in [1.165, 1.54) is 6.07 Å². The number of nitrogens with zero attached hydrogens (tertiary/aromatic N) is 2. The molecule has 0 aliphatic rings. The Balaban J connectivity index is 2.28. The van der Waals surface area contributed by atoms with Crippen LogP contribution in [-0.2, 0) is 13.5 Å². The largest absolute Gasteiger partial charge is 0.294 e. The molecule has 1 heterocycles. The first-order valence-electron chi connectivity index (χ1n) is 5.56. The number of Topliss-reactive ketones (excluding diaryl/α,β-unsaturated/α-hetero) is 1. The molecule has 0 saturated carbocycles. The molecule has 0 unspecified atom stereocenters. The van der Waals surface area contributed by atoms with Gasteiger partial charge in [-0.15, -0.1) is 0 Å². The molecule has 0 fully saturated rings. The van der Waals surface area contributed by atoms with Crippen molar-refractivity contribution in [2.75, 3.05) is 0 Å². The molecule has 1 aromatic carbocycles. The van der Waals surface area contributed by atoms with Gasteiger partial charge in [-0.2, -0.15) is 5.10 Å². The summed E-state index contributed by atoms with van der Waals surface area (Å²) in [5.41, 5.74) is 1.62. The van der Waals surface area contributed by atoms with E-state index in [2.05, 4.69) is 21.0 Å². The second-order valence-corrected chi connectivity index (χ2v) is 4.99. The van der Waals surface area contributed by atoms with Gasteiger partial charge in [0.25, 0.3) is 0 Å². The molecule has 0 aliphatic carbocycles. The van der Waals surface area contributed by atoms with E-state index < -0.39 is 11.6 Å². The molecular formula is C13H11BrF2N2O. The number of rotatable bonds is 3. The van der Waals surface area contributed by atoms with E-state index in [9.17, 15) is 13.6 Å². The third-order valence-electron chi connectivity index (χ3n) is 2.83. The molecular weight excluding hydrogens is 318 g/mol. The maximum atomic E-state index is 13.1. The van der Waals surface area contributed by atoms with Gasteiger partial charge < -0.3 is 0 Å². The minimum atomic E-state index is -1.02. The Labute approximate surface area is 117 Å². The van der Waals surface area contributed by atoms with Crippen molar-refractivity contribution in [2.24, 2.45) is 7.05 Å². The Hall–Kier alpha value is -1.56. The predicted octanol–water partition coefficient (Wildman–Crippen LogP) is 3.19. The first kappa shape index (κ1) is 13.9. The fourth-order valence-electron chi connectivity index (χ4n) is 1.80. The normalized spacial score (nSPS) is 10.8. The minimum absolute atomic E-state index is 0.0724. The average Bonchev–Trinajstić information content (AvgIpc) is 2.59. The summed E-state index contributed by atoms with van der Waals surface area (Å²) in [7, 11) is 1.73. The van der Waals surface area contributed by atoms with E-state index in [4.69, 9.17) is 0 Å². The molecule has 2 aromatic rings. The third-order valence-corrected chi connectivity index (χ3v) is 3.86. The van der Waals surface area contributed by atoms with E-state index >= 15 is 0 Å². The smallest absolute Gasteiger partial charge is 0.168 e. The van der Waals surface area contributed by atoms with Crippen LogP contribution >= 0.6 is 15.9 Å². The van der Waals surface area contributed by atoms with Crippen LogP contribution in [0.2, 0.25) is 0 Å². The quantitative estimate of drug-likeness (QED) is 0.811. The molecule has 6 heteroatoms. The lowest BCUT2D eigenvalue weighted by molar-refractivity contribution is 0.0990. The van der Waals surface area contributed by atoms with Crippen molar-refractivity contribution in [1.82, 2.24) is 9.78 Å². The number of hydrogen-bond acceptors (Lipinski definition) is 2. The summed E-state index contributed by atoms with van der Waals surface area (Å²) >= 11 is 3.36. The topological polar surface area (TPSA) is 34.9 Å². The van der Waals surface area contributed by atoms with Gasteiger partial charge in [0.2, 0.25) is 0 Å². The number of halogens is 3. The molecule has 0 spiro atoms. The van der Waals surface area contributed by atoms with Crippen molar-refractivity contribution >= 4 is 21.7 Å². The van der Waals surface area contributed by atoms with E-state index in [-0.39, 0.29) is 17.8 Å². The first-order chi connectivity index (χ1) is 8.90. The Morgan fingerprint density at radius 1 is 1.37 bits per heavy atom. The lowest BCUT2D eigenvalue weighted by Gasteiger charge is -2.03.